The van der Waals surface area contributed by atoms with Gasteiger partial charge in [-0.05, 0) is 55.7 Å². The van der Waals surface area contributed by atoms with E-state index in [0.717, 1.165) is 25.7 Å². The van der Waals surface area contributed by atoms with E-state index in [-0.39, 0.29) is 16.6 Å². The van der Waals surface area contributed by atoms with Gasteiger partial charge < -0.3 is 15.2 Å². The molecule has 1 aromatic rings. The number of halogens is 1. The Labute approximate surface area is 170 Å². The number of amides is 2. The van der Waals surface area contributed by atoms with Crippen LogP contribution in [0.4, 0.5) is 4.79 Å². The summed E-state index contributed by atoms with van der Waals surface area (Å²) >= 11 is 6.06. The van der Waals surface area contributed by atoms with Gasteiger partial charge in [-0.3, -0.25) is 4.79 Å². The normalized spacial score (nSPS) is 27.8. The molecule has 2 N–H and O–H groups in total. The van der Waals surface area contributed by atoms with E-state index >= 15 is 0 Å². The molecule has 0 bridgehead atoms. The van der Waals surface area contributed by atoms with E-state index in [9.17, 15) is 14.7 Å². The Morgan fingerprint density at radius 3 is 2.64 bits per heavy atom. The SMILES string of the molecule is CCC1=NC(=O)NC(c2ccc(O)c(Cl)c2)C1C(=O)CC1CCC(OC)CC1. The zero-order valence-electron chi connectivity index (χ0n) is 16.3. The van der Waals surface area contributed by atoms with Gasteiger partial charge in [0.1, 0.15) is 11.5 Å². The molecule has 0 aromatic heterocycles. The fraction of sp³-hybridized carbons (Fsp3) is 0.571. The Morgan fingerprint density at radius 1 is 1.32 bits per heavy atom. The minimum Gasteiger partial charge on any atom is -0.506 e. The first-order chi connectivity index (χ1) is 13.4. The van der Waals surface area contributed by atoms with Crippen molar-refractivity contribution in [2.24, 2.45) is 16.8 Å². The molecule has 3 rings (SSSR count). The largest absolute Gasteiger partial charge is 0.506 e. The number of aliphatic imine (C=N–C) groups is 1. The van der Waals surface area contributed by atoms with Crippen LogP contribution in [0.2, 0.25) is 5.02 Å². The summed E-state index contributed by atoms with van der Waals surface area (Å²) in [6.07, 6.45) is 5.18. The standard InChI is InChI=1S/C21H27ClN2O4/c1-3-16-19(18(26)10-12-4-7-14(28-2)8-5-12)20(24-21(27)23-16)13-6-9-17(25)15(22)11-13/h6,9,11-12,14,19-20,25H,3-5,7-8,10H2,1-2H3,(H,24,27). The molecule has 1 aliphatic carbocycles. The second-order valence-corrected chi connectivity index (χ2v) is 8.03. The molecule has 2 unspecified atom stereocenters. The Morgan fingerprint density at radius 2 is 2.04 bits per heavy atom. The van der Waals surface area contributed by atoms with Crippen LogP contribution in [0.25, 0.3) is 0 Å². The van der Waals surface area contributed by atoms with Crippen LogP contribution in [0.1, 0.15) is 57.1 Å². The van der Waals surface area contributed by atoms with Crippen LogP contribution in [0, 0.1) is 11.8 Å². The lowest BCUT2D eigenvalue weighted by atomic mass is 9.77. The van der Waals surface area contributed by atoms with Crippen molar-refractivity contribution < 1.29 is 19.4 Å². The highest BCUT2D eigenvalue weighted by Crippen LogP contribution is 2.36. The number of Topliss-reactive ketones (excluding diaryl/α,β-unsaturated/α-hetero) is 1. The third-order valence-corrected chi connectivity index (χ3v) is 6.18. The molecule has 1 heterocycles. The van der Waals surface area contributed by atoms with Gasteiger partial charge in [-0.1, -0.05) is 24.6 Å². The quantitative estimate of drug-likeness (QED) is 0.730. The molecular weight excluding hydrogens is 380 g/mol. The molecule has 28 heavy (non-hydrogen) atoms. The topological polar surface area (TPSA) is 88.0 Å². The number of hydrogen-bond acceptors (Lipinski definition) is 4. The molecular formula is C21H27ClN2O4. The fourth-order valence-corrected chi connectivity index (χ4v) is 4.48. The predicted molar refractivity (Wildman–Crippen MR) is 108 cm³/mol. The highest BCUT2D eigenvalue weighted by Gasteiger charge is 2.38. The summed E-state index contributed by atoms with van der Waals surface area (Å²) in [7, 11) is 1.73. The Kier molecular flexibility index (Phi) is 6.73. The van der Waals surface area contributed by atoms with Crippen molar-refractivity contribution in [1.82, 2.24) is 5.32 Å². The smallest absolute Gasteiger partial charge is 0.341 e. The number of ketones is 1. The van der Waals surface area contributed by atoms with E-state index in [1.807, 2.05) is 6.92 Å². The van der Waals surface area contributed by atoms with Gasteiger partial charge >= 0.3 is 6.03 Å². The Balaban J connectivity index is 1.82. The molecule has 2 aliphatic rings. The van der Waals surface area contributed by atoms with Gasteiger partial charge in [-0.2, -0.15) is 0 Å². The van der Waals surface area contributed by atoms with E-state index in [2.05, 4.69) is 10.3 Å². The average Bonchev–Trinajstić information content (AvgIpc) is 2.69. The van der Waals surface area contributed by atoms with Crippen LogP contribution in [-0.2, 0) is 9.53 Å². The maximum atomic E-state index is 13.3. The van der Waals surface area contributed by atoms with Gasteiger partial charge in [0.15, 0.2) is 0 Å². The lowest BCUT2D eigenvalue weighted by molar-refractivity contribution is -0.123. The van der Waals surface area contributed by atoms with Crippen molar-refractivity contribution in [2.45, 2.75) is 57.6 Å². The number of nitrogens with one attached hydrogen (secondary N) is 1. The first-order valence-corrected chi connectivity index (χ1v) is 10.2. The van der Waals surface area contributed by atoms with Crippen molar-refractivity contribution >= 4 is 29.1 Å². The highest BCUT2D eigenvalue weighted by atomic mass is 35.5. The lowest BCUT2D eigenvalue weighted by Gasteiger charge is -2.33. The van der Waals surface area contributed by atoms with Gasteiger partial charge in [0.25, 0.3) is 0 Å². The van der Waals surface area contributed by atoms with E-state index in [1.54, 1.807) is 19.2 Å². The summed E-state index contributed by atoms with van der Waals surface area (Å²) in [5, 5.41) is 12.7. The van der Waals surface area contributed by atoms with Gasteiger partial charge in [-0.15, -0.1) is 0 Å². The number of phenolic OH excluding ortho intramolecular Hbond substituents is 1. The number of benzene rings is 1. The summed E-state index contributed by atoms with van der Waals surface area (Å²) in [6, 6.07) is 3.80. The van der Waals surface area contributed by atoms with Crippen molar-refractivity contribution in [3.05, 3.63) is 28.8 Å². The molecule has 0 spiro atoms. The summed E-state index contributed by atoms with van der Waals surface area (Å²) < 4.78 is 5.42. The molecule has 0 radical (unpaired) electrons. The number of phenols is 1. The van der Waals surface area contributed by atoms with E-state index in [4.69, 9.17) is 16.3 Å². The molecule has 1 saturated carbocycles. The van der Waals surface area contributed by atoms with Crippen LogP contribution in [0.15, 0.2) is 23.2 Å². The fourth-order valence-electron chi connectivity index (χ4n) is 4.29. The number of methoxy groups -OCH3 is 1. The minimum absolute atomic E-state index is 0.0327. The third-order valence-electron chi connectivity index (χ3n) is 5.87. The van der Waals surface area contributed by atoms with Gasteiger partial charge in [0.2, 0.25) is 0 Å². The van der Waals surface area contributed by atoms with Crippen molar-refractivity contribution in [3.63, 3.8) is 0 Å². The number of rotatable bonds is 6. The van der Waals surface area contributed by atoms with Crippen LogP contribution >= 0.6 is 11.6 Å². The summed E-state index contributed by atoms with van der Waals surface area (Å²) in [4.78, 5) is 29.5. The zero-order chi connectivity index (χ0) is 20.3. The number of urea groups is 1. The number of ether oxygens (including phenoxy) is 1. The van der Waals surface area contributed by atoms with E-state index in [1.165, 1.54) is 6.07 Å². The first kappa shape index (κ1) is 20.8. The van der Waals surface area contributed by atoms with Crippen molar-refractivity contribution in [3.8, 4) is 5.75 Å². The van der Waals surface area contributed by atoms with Crippen LogP contribution in [0.5, 0.6) is 5.75 Å². The number of hydrogen-bond donors (Lipinski definition) is 2. The van der Waals surface area contributed by atoms with Crippen molar-refractivity contribution in [2.75, 3.05) is 7.11 Å². The second-order valence-electron chi connectivity index (χ2n) is 7.62. The first-order valence-electron chi connectivity index (χ1n) is 9.84. The molecule has 1 aromatic carbocycles. The molecule has 6 nitrogen and oxygen atoms in total. The molecule has 152 valence electrons. The minimum atomic E-state index is -0.527. The number of aromatic hydroxyl groups is 1. The monoisotopic (exact) mass is 406 g/mol. The van der Waals surface area contributed by atoms with Gasteiger partial charge in [0, 0.05) is 19.2 Å². The number of nitrogens with zero attached hydrogens (tertiary/aromatic N) is 1. The zero-order valence-corrected chi connectivity index (χ0v) is 17.0. The lowest BCUT2D eigenvalue weighted by Crippen LogP contribution is -2.44. The average molecular weight is 407 g/mol. The summed E-state index contributed by atoms with van der Waals surface area (Å²) in [5.41, 5.74) is 1.30. The molecule has 2 amide bonds. The maximum absolute atomic E-state index is 13.3. The second kappa shape index (κ2) is 9.05. The molecule has 1 fully saturated rings. The number of carbonyl (C=O) groups excluding carboxylic acids is 2. The summed E-state index contributed by atoms with van der Waals surface area (Å²) in [5.74, 6) is -0.118. The van der Waals surface area contributed by atoms with Crippen LogP contribution in [0.3, 0.4) is 0 Å². The number of carbonyl (C=O) groups is 2. The molecule has 2 atom stereocenters. The van der Waals surface area contributed by atoms with Crippen LogP contribution in [-0.4, -0.2) is 35.8 Å². The Bertz CT molecular complexity index is 772. The summed E-state index contributed by atoms with van der Waals surface area (Å²) in [6.45, 7) is 1.91. The van der Waals surface area contributed by atoms with Gasteiger partial charge in [-0.25, -0.2) is 9.79 Å². The maximum Gasteiger partial charge on any atom is 0.341 e. The molecule has 0 saturated heterocycles. The molecule has 7 heteroatoms. The Hall–Kier alpha value is -1.92. The van der Waals surface area contributed by atoms with Crippen molar-refractivity contribution in [1.29, 1.82) is 0 Å². The van der Waals surface area contributed by atoms with Crippen LogP contribution < -0.4 is 5.32 Å². The highest BCUT2D eigenvalue weighted by molar-refractivity contribution is 6.32. The molecule has 1 aliphatic heterocycles. The van der Waals surface area contributed by atoms with Gasteiger partial charge in [0.05, 0.1) is 23.1 Å². The van der Waals surface area contributed by atoms with E-state index < -0.39 is 18.0 Å². The predicted octanol–water partition coefficient (Wildman–Crippen LogP) is 4.44. The third kappa shape index (κ3) is 4.55. The van der Waals surface area contributed by atoms with E-state index in [0.29, 0.717) is 36.1 Å².